The molecule has 2 fully saturated rings. The molecule has 22 heavy (non-hydrogen) atoms. The third-order valence-corrected chi connectivity index (χ3v) is 4.08. The molecule has 2 aliphatic heterocycles. The standard InChI is InChI=1S/C14H17N3O5/c1-14(2)21-10-8(5-18)20-13(11(10)22-14)17-6-16-9-7(17)3-4-15-12(9)19/h3-4,6,8,10-11,13,18H,5H2,1-2H3,(H,15,19). The molecule has 0 saturated carbocycles. The third kappa shape index (κ3) is 1.92. The zero-order chi connectivity index (χ0) is 15.5. The number of rotatable bonds is 2. The topological polar surface area (TPSA) is 98.6 Å². The van der Waals surface area contributed by atoms with Crippen LogP contribution in [0.3, 0.4) is 0 Å². The summed E-state index contributed by atoms with van der Waals surface area (Å²) >= 11 is 0. The van der Waals surface area contributed by atoms with Gasteiger partial charge in [0.1, 0.15) is 18.3 Å². The zero-order valence-electron chi connectivity index (χ0n) is 12.2. The van der Waals surface area contributed by atoms with Crippen LogP contribution in [0.5, 0.6) is 0 Å². The summed E-state index contributed by atoms with van der Waals surface area (Å²) in [6.45, 7) is 3.49. The summed E-state index contributed by atoms with van der Waals surface area (Å²) in [6.07, 6.45) is 1.41. The van der Waals surface area contributed by atoms with Gasteiger partial charge in [0.25, 0.3) is 5.56 Å². The van der Waals surface area contributed by atoms with E-state index in [9.17, 15) is 9.90 Å². The summed E-state index contributed by atoms with van der Waals surface area (Å²) in [4.78, 5) is 18.5. The number of nitrogens with one attached hydrogen (secondary N) is 1. The van der Waals surface area contributed by atoms with Gasteiger partial charge in [-0.1, -0.05) is 0 Å². The van der Waals surface area contributed by atoms with Gasteiger partial charge in [-0.05, 0) is 19.9 Å². The van der Waals surface area contributed by atoms with Crippen LogP contribution >= 0.6 is 0 Å². The van der Waals surface area contributed by atoms with Crippen LogP contribution in [0.2, 0.25) is 0 Å². The van der Waals surface area contributed by atoms with Crippen LogP contribution < -0.4 is 5.56 Å². The van der Waals surface area contributed by atoms with Crippen LogP contribution in [0.25, 0.3) is 11.0 Å². The summed E-state index contributed by atoms with van der Waals surface area (Å²) in [5.74, 6) is -0.737. The number of hydrogen-bond donors (Lipinski definition) is 2. The monoisotopic (exact) mass is 307 g/mol. The SMILES string of the molecule is CC1(C)OC2C(CO)OC(n3cnc4c(=O)[nH]ccc43)C2O1. The molecule has 4 atom stereocenters. The highest BCUT2D eigenvalue weighted by Crippen LogP contribution is 2.43. The molecule has 2 aliphatic rings. The maximum absolute atomic E-state index is 11.8. The van der Waals surface area contributed by atoms with Gasteiger partial charge < -0.3 is 28.9 Å². The van der Waals surface area contributed by atoms with E-state index in [-0.39, 0.29) is 24.4 Å². The lowest BCUT2D eigenvalue weighted by molar-refractivity contribution is -0.199. The second-order valence-corrected chi connectivity index (χ2v) is 6.00. The number of imidazole rings is 1. The minimum absolute atomic E-state index is 0.162. The van der Waals surface area contributed by atoms with E-state index >= 15 is 0 Å². The maximum atomic E-state index is 11.8. The van der Waals surface area contributed by atoms with Crippen molar-refractivity contribution in [1.29, 1.82) is 0 Å². The first-order chi connectivity index (χ1) is 10.5. The highest BCUT2D eigenvalue weighted by molar-refractivity contribution is 5.73. The number of pyridine rings is 1. The normalized spacial score (nSPS) is 33.4. The van der Waals surface area contributed by atoms with Crippen molar-refractivity contribution >= 4 is 11.0 Å². The molecule has 2 aromatic rings. The Kier molecular flexibility index (Phi) is 2.92. The Morgan fingerprint density at radius 3 is 2.95 bits per heavy atom. The van der Waals surface area contributed by atoms with Gasteiger partial charge in [-0.25, -0.2) is 4.98 Å². The van der Waals surface area contributed by atoms with Crippen molar-refractivity contribution in [3.8, 4) is 0 Å². The quantitative estimate of drug-likeness (QED) is 0.818. The van der Waals surface area contributed by atoms with E-state index in [4.69, 9.17) is 14.2 Å². The summed E-state index contributed by atoms with van der Waals surface area (Å²) in [7, 11) is 0. The second-order valence-electron chi connectivity index (χ2n) is 6.00. The van der Waals surface area contributed by atoms with Gasteiger partial charge in [0, 0.05) is 6.20 Å². The van der Waals surface area contributed by atoms with Crippen molar-refractivity contribution in [2.75, 3.05) is 6.61 Å². The Morgan fingerprint density at radius 2 is 2.18 bits per heavy atom. The average molecular weight is 307 g/mol. The van der Waals surface area contributed by atoms with E-state index in [1.807, 2.05) is 13.8 Å². The van der Waals surface area contributed by atoms with E-state index < -0.39 is 18.1 Å². The van der Waals surface area contributed by atoms with Gasteiger partial charge in [0.2, 0.25) is 0 Å². The summed E-state index contributed by atoms with van der Waals surface area (Å²) in [6, 6.07) is 1.76. The van der Waals surface area contributed by atoms with Crippen molar-refractivity contribution < 1.29 is 19.3 Å². The van der Waals surface area contributed by atoms with Crippen molar-refractivity contribution in [3.05, 3.63) is 28.9 Å². The fourth-order valence-electron chi connectivity index (χ4n) is 3.21. The molecular weight excluding hydrogens is 290 g/mol. The maximum Gasteiger partial charge on any atom is 0.276 e. The van der Waals surface area contributed by atoms with E-state index in [1.165, 1.54) is 0 Å². The van der Waals surface area contributed by atoms with Crippen molar-refractivity contribution in [2.24, 2.45) is 0 Å². The number of aliphatic hydroxyl groups excluding tert-OH is 1. The number of aromatic amines is 1. The van der Waals surface area contributed by atoms with Gasteiger partial charge in [0.15, 0.2) is 17.5 Å². The Hall–Kier alpha value is -1.74. The zero-order valence-corrected chi connectivity index (χ0v) is 12.2. The van der Waals surface area contributed by atoms with E-state index in [0.717, 1.165) is 0 Å². The van der Waals surface area contributed by atoms with Crippen LogP contribution in [0.4, 0.5) is 0 Å². The molecule has 2 saturated heterocycles. The Morgan fingerprint density at radius 1 is 1.41 bits per heavy atom. The molecule has 2 N–H and O–H groups in total. The molecule has 0 amide bonds. The van der Waals surface area contributed by atoms with E-state index in [1.54, 1.807) is 23.2 Å². The fourth-order valence-corrected chi connectivity index (χ4v) is 3.21. The first kappa shape index (κ1) is 13.9. The number of fused-ring (bicyclic) bond motifs is 2. The minimum atomic E-state index is -0.737. The van der Waals surface area contributed by atoms with Crippen LogP contribution in [-0.4, -0.2) is 50.3 Å². The molecule has 118 valence electrons. The van der Waals surface area contributed by atoms with Gasteiger partial charge in [-0.15, -0.1) is 0 Å². The molecule has 0 aromatic carbocycles. The molecule has 8 nitrogen and oxygen atoms in total. The lowest BCUT2D eigenvalue weighted by Gasteiger charge is -2.24. The lowest BCUT2D eigenvalue weighted by atomic mass is 10.1. The summed E-state index contributed by atoms with van der Waals surface area (Å²) in [5.41, 5.74) is 0.737. The summed E-state index contributed by atoms with van der Waals surface area (Å²) in [5, 5.41) is 9.52. The van der Waals surface area contributed by atoms with Crippen LogP contribution in [-0.2, 0) is 14.2 Å². The van der Waals surface area contributed by atoms with Crippen LogP contribution in [0.15, 0.2) is 23.4 Å². The number of H-pyrrole nitrogens is 1. The largest absolute Gasteiger partial charge is 0.394 e. The molecule has 4 unspecified atom stereocenters. The predicted octanol–water partition coefficient (Wildman–Crippen LogP) is 0.134. The Balaban J connectivity index is 1.78. The second kappa shape index (κ2) is 4.63. The van der Waals surface area contributed by atoms with E-state index in [0.29, 0.717) is 11.0 Å². The Labute approximate surface area is 125 Å². The fraction of sp³-hybridized carbons (Fsp3) is 0.571. The molecule has 0 aliphatic carbocycles. The number of hydrogen-bond acceptors (Lipinski definition) is 6. The van der Waals surface area contributed by atoms with Gasteiger partial charge in [0.05, 0.1) is 18.5 Å². The smallest absolute Gasteiger partial charge is 0.276 e. The lowest BCUT2D eigenvalue weighted by Crippen LogP contribution is -2.31. The Bertz CT molecular complexity index is 767. The third-order valence-electron chi connectivity index (χ3n) is 4.08. The van der Waals surface area contributed by atoms with Crippen LogP contribution in [0, 0.1) is 0 Å². The number of ether oxygens (including phenoxy) is 3. The highest BCUT2D eigenvalue weighted by atomic mass is 16.8. The first-order valence-corrected chi connectivity index (χ1v) is 7.16. The molecule has 0 spiro atoms. The molecule has 8 heteroatoms. The number of aromatic nitrogens is 3. The number of nitrogens with zero attached hydrogens (tertiary/aromatic N) is 2. The molecule has 2 aromatic heterocycles. The molecular formula is C14H17N3O5. The average Bonchev–Trinajstić information content (AvgIpc) is 3.10. The van der Waals surface area contributed by atoms with Gasteiger partial charge >= 0.3 is 0 Å². The van der Waals surface area contributed by atoms with Gasteiger partial charge in [-0.2, -0.15) is 0 Å². The van der Waals surface area contributed by atoms with Crippen molar-refractivity contribution in [3.63, 3.8) is 0 Å². The van der Waals surface area contributed by atoms with Crippen molar-refractivity contribution in [2.45, 2.75) is 44.2 Å². The molecule has 4 heterocycles. The highest BCUT2D eigenvalue weighted by Gasteiger charge is 2.55. The molecule has 0 bridgehead atoms. The molecule has 0 radical (unpaired) electrons. The van der Waals surface area contributed by atoms with Gasteiger partial charge in [-0.3, -0.25) is 4.79 Å². The van der Waals surface area contributed by atoms with Crippen molar-refractivity contribution in [1.82, 2.24) is 14.5 Å². The van der Waals surface area contributed by atoms with E-state index in [2.05, 4.69) is 9.97 Å². The first-order valence-electron chi connectivity index (χ1n) is 7.16. The van der Waals surface area contributed by atoms with Crippen LogP contribution in [0.1, 0.15) is 20.1 Å². The molecule has 4 rings (SSSR count). The predicted molar refractivity (Wildman–Crippen MR) is 75.2 cm³/mol. The summed E-state index contributed by atoms with van der Waals surface area (Å²) < 4.78 is 19.4. The number of aliphatic hydroxyl groups is 1. The minimum Gasteiger partial charge on any atom is -0.394 e.